The van der Waals surface area contributed by atoms with Crippen LogP contribution in [0.25, 0.3) is 5.76 Å². The molecule has 1 aliphatic rings. The van der Waals surface area contributed by atoms with Crippen LogP contribution < -0.4 is 0 Å². The Hall–Kier alpha value is -3.60. The van der Waals surface area contributed by atoms with Crippen LogP contribution in [0, 0.1) is 13.8 Å². The fraction of sp³-hybridized carbons (Fsp3) is 0.167. The smallest absolute Gasteiger partial charge is 0.296 e. The summed E-state index contributed by atoms with van der Waals surface area (Å²) < 4.78 is 5.39. The van der Waals surface area contributed by atoms with Crippen molar-refractivity contribution in [2.24, 2.45) is 0 Å². The molecule has 1 atom stereocenters. The van der Waals surface area contributed by atoms with Crippen molar-refractivity contribution in [2.45, 2.75) is 26.4 Å². The summed E-state index contributed by atoms with van der Waals surface area (Å²) in [5, 5.41) is 11.0. The molecule has 146 valence electrons. The lowest BCUT2D eigenvalue weighted by atomic mass is 9.94. The topological polar surface area (TPSA) is 70.8 Å². The molecule has 2 heterocycles. The van der Waals surface area contributed by atoms with Crippen LogP contribution in [-0.4, -0.2) is 21.7 Å². The predicted octanol–water partition coefficient (Wildman–Crippen LogP) is 4.52. The maximum Gasteiger partial charge on any atom is 0.296 e. The number of rotatable bonds is 4. The number of aliphatic hydroxyl groups excluding tert-OH is 1. The number of carbonyl (C=O) groups is 2. The molecular formula is C24H21NO4. The lowest BCUT2D eigenvalue weighted by Crippen LogP contribution is -2.29. The fourth-order valence-electron chi connectivity index (χ4n) is 3.58. The van der Waals surface area contributed by atoms with E-state index in [2.05, 4.69) is 0 Å². The minimum absolute atomic E-state index is 0.0919. The highest BCUT2D eigenvalue weighted by atomic mass is 16.3. The molecule has 0 aliphatic carbocycles. The molecule has 1 amide bonds. The number of hydrogen-bond acceptors (Lipinski definition) is 4. The number of carbonyl (C=O) groups excluding carboxylic acids is 2. The number of nitrogens with zero attached hydrogens (tertiary/aromatic N) is 1. The van der Waals surface area contributed by atoms with E-state index < -0.39 is 17.7 Å². The van der Waals surface area contributed by atoms with Gasteiger partial charge >= 0.3 is 0 Å². The molecule has 0 unspecified atom stereocenters. The van der Waals surface area contributed by atoms with Gasteiger partial charge in [0, 0.05) is 5.56 Å². The van der Waals surface area contributed by atoms with E-state index in [-0.39, 0.29) is 17.9 Å². The van der Waals surface area contributed by atoms with Gasteiger partial charge in [-0.05, 0) is 31.5 Å². The van der Waals surface area contributed by atoms with Crippen molar-refractivity contribution in [2.75, 3.05) is 0 Å². The van der Waals surface area contributed by atoms with Crippen molar-refractivity contribution in [1.29, 1.82) is 0 Å². The van der Waals surface area contributed by atoms with Crippen LogP contribution in [0.2, 0.25) is 0 Å². The molecule has 3 aromatic rings. The maximum atomic E-state index is 12.9. The first kappa shape index (κ1) is 18.7. The highest BCUT2D eigenvalue weighted by Crippen LogP contribution is 2.40. The number of ketones is 1. The number of furan rings is 1. The number of aliphatic hydroxyl groups is 1. The van der Waals surface area contributed by atoms with Gasteiger partial charge in [0.2, 0.25) is 0 Å². The molecule has 4 rings (SSSR count). The summed E-state index contributed by atoms with van der Waals surface area (Å²) >= 11 is 0. The largest absolute Gasteiger partial charge is 0.507 e. The lowest BCUT2D eigenvalue weighted by Gasteiger charge is -2.24. The maximum absolute atomic E-state index is 12.9. The molecule has 0 bridgehead atoms. The Labute approximate surface area is 168 Å². The fourth-order valence-corrected chi connectivity index (χ4v) is 3.58. The average molecular weight is 387 g/mol. The first-order valence-electron chi connectivity index (χ1n) is 9.40. The second kappa shape index (κ2) is 7.43. The third-order valence-corrected chi connectivity index (χ3v) is 5.16. The normalized spacial score (nSPS) is 18.4. The van der Waals surface area contributed by atoms with Gasteiger partial charge in [-0.3, -0.25) is 9.59 Å². The number of hydrogen-bond donors (Lipinski definition) is 1. The monoisotopic (exact) mass is 387 g/mol. The zero-order chi connectivity index (χ0) is 20.5. The van der Waals surface area contributed by atoms with Crippen LogP contribution in [0.4, 0.5) is 0 Å². The van der Waals surface area contributed by atoms with Gasteiger partial charge in [0.1, 0.15) is 11.5 Å². The highest BCUT2D eigenvalue weighted by molar-refractivity contribution is 6.46. The molecule has 0 spiro atoms. The summed E-state index contributed by atoms with van der Waals surface area (Å²) in [6.45, 7) is 4.05. The second-order valence-corrected chi connectivity index (χ2v) is 7.28. The van der Waals surface area contributed by atoms with E-state index in [9.17, 15) is 14.7 Å². The van der Waals surface area contributed by atoms with Crippen LogP contribution >= 0.6 is 0 Å². The molecular weight excluding hydrogens is 366 g/mol. The second-order valence-electron chi connectivity index (χ2n) is 7.28. The number of benzene rings is 2. The summed E-state index contributed by atoms with van der Waals surface area (Å²) in [4.78, 5) is 27.3. The molecule has 2 aromatic carbocycles. The van der Waals surface area contributed by atoms with Crippen molar-refractivity contribution in [1.82, 2.24) is 4.90 Å². The van der Waals surface area contributed by atoms with Crippen molar-refractivity contribution in [3.05, 3.63) is 101 Å². The zero-order valence-corrected chi connectivity index (χ0v) is 16.3. The Morgan fingerprint density at radius 3 is 2.17 bits per heavy atom. The number of aryl methyl sites for hydroxylation is 2. The Kier molecular flexibility index (Phi) is 4.80. The first-order chi connectivity index (χ1) is 14.0. The molecule has 1 aromatic heterocycles. The van der Waals surface area contributed by atoms with Gasteiger partial charge in [-0.25, -0.2) is 0 Å². The average Bonchev–Trinajstić information content (AvgIpc) is 3.31. The van der Waals surface area contributed by atoms with Crippen LogP contribution in [0.5, 0.6) is 0 Å². The van der Waals surface area contributed by atoms with Crippen molar-refractivity contribution in [3.8, 4) is 0 Å². The van der Waals surface area contributed by atoms with Gasteiger partial charge in [0.15, 0.2) is 0 Å². The van der Waals surface area contributed by atoms with Gasteiger partial charge in [-0.1, -0.05) is 59.7 Å². The molecule has 1 N–H and O–H groups in total. The van der Waals surface area contributed by atoms with Gasteiger partial charge in [-0.2, -0.15) is 0 Å². The van der Waals surface area contributed by atoms with Crippen molar-refractivity contribution >= 4 is 17.4 Å². The minimum Gasteiger partial charge on any atom is -0.507 e. The van der Waals surface area contributed by atoms with E-state index >= 15 is 0 Å². The van der Waals surface area contributed by atoms with Crippen LogP contribution in [0.15, 0.2) is 76.9 Å². The molecule has 1 aliphatic heterocycles. The minimum atomic E-state index is -0.694. The Balaban J connectivity index is 1.86. The summed E-state index contributed by atoms with van der Waals surface area (Å²) in [5.41, 5.74) is 3.46. The Bertz CT molecular complexity index is 1080. The van der Waals surface area contributed by atoms with Crippen LogP contribution in [0.3, 0.4) is 0 Å². The summed E-state index contributed by atoms with van der Waals surface area (Å²) in [6.07, 6.45) is 1.53. The van der Waals surface area contributed by atoms with E-state index in [0.717, 1.165) is 16.7 Å². The van der Waals surface area contributed by atoms with E-state index in [4.69, 9.17) is 4.42 Å². The summed E-state index contributed by atoms with van der Waals surface area (Å²) in [5.74, 6) is -0.948. The number of likely N-dealkylation sites (tertiary alicyclic amines) is 1. The third kappa shape index (κ3) is 3.47. The summed E-state index contributed by atoms with van der Waals surface area (Å²) in [6, 6.07) is 17.6. The number of Topliss-reactive ketones (excluding diaryl/α,β-unsaturated/α-hetero) is 1. The molecule has 0 radical (unpaired) electrons. The van der Waals surface area contributed by atoms with Gasteiger partial charge in [0.25, 0.3) is 11.7 Å². The SMILES string of the molecule is Cc1ccc(C(O)=C2C(=O)C(=O)N(Cc3ccco3)[C@@H]2c2ccc(C)cc2)cc1. The molecule has 1 fully saturated rings. The highest BCUT2D eigenvalue weighted by Gasteiger charge is 2.46. The molecule has 5 nitrogen and oxygen atoms in total. The molecule has 0 saturated carbocycles. The Morgan fingerprint density at radius 2 is 1.59 bits per heavy atom. The molecule has 29 heavy (non-hydrogen) atoms. The predicted molar refractivity (Wildman–Crippen MR) is 109 cm³/mol. The van der Waals surface area contributed by atoms with Crippen LogP contribution in [-0.2, 0) is 16.1 Å². The molecule has 1 saturated heterocycles. The van der Waals surface area contributed by atoms with Crippen LogP contribution in [0.1, 0.15) is 34.1 Å². The van der Waals surface area contributed by atoms with E-state index in [0.29, 0.717) is 11.3 Å². The standard InChI is InChI=1S/C24H21NO4/c1-15-5-9-17(10-6-15)21-20(22(26)18-11-7-16(2)8-12-18)23(27)24(28)25(21)14-19-4-3-13-29-19/h3-13,21,26H,14H2,1-2H3/t21-/m1/s1. The van der Waals surface area contributed by atoms with Crippen molar-refractivity contribution < 1.29 is 19.1 Å². The number of amides is 1. The Morgan fingerprint density at radius 1 is 0.966 bits per heavy atom. The van der Waals surface area contributed by atoms with E-state index in [1.807, 2.05) is 50.2 Å². The quantitative estimate of drug-likeness (QED) is 0.406. The van der Waals surface area contributed by atoms with Crippen molar-refractivity contribution in [3.63, 3.8) is 0 Å². The lowest BCUT2D eigenvalue weighted by molar-refractivity contribution is -0.140. The van der Waals surface area contributed by atoms with Gasteiger partial charge in [0.05, 0.1) is 24.4 Å². The van der Waals surface area contributed by atoms with Gasteiger partial charge in [-0.15, -0.1) is 0 Å². The zero-order valence-electron chi connectivity index (χ0n) is 16.3. The molecule has 5 heteroatoms. The van der Waals surface area contributed by atoms with Gasteiger partial charge < -0.3 is 14.4 Å². The van der Waals surface area contributed by atoms with E-state index in [1.165, 1.54) is 11.2 Å². The van der Waals surface area contributed by atoms with E-state index in [1.54, 1.807) is 24.3 Å². The first-order valence-corrected chi connectivity index (χ1v) is 9.40. The summed E-state index contributed by atoms with van der Waals surface area (Å²) in [7, 11) is 0. The third-order valence-electron chi connectivity index (χ3n) is 5.16.